The molecule has 1 atom stereocenters. The maximum Gasteiger partial charge on any atom is 0.331 e. The number of carbonyl (C=O) groups is 1. The van der Waals surface area contributed by atoms with Crippen LogP contribution in [0, 0.1) is 10.1 Å². The largest absolute Gasteiger partial charge is 0.479 e. The molecule has 0 aliphatic rings. The van der Waals surface area contributed by atoms with Crippen molar-refractivity contribution in [2.75, 3.05) is 0 Å². The van der Waals surface area contributed by atoms with Crippen LogP contribution in [0.1, 0.15) is 11.6 Å². The summed E-state index contributed by atoms with van der Waals surface area (Å²) in [4.78, 5) is 21.7. The third-order valence-electron chi connectivity index (χ3n) is 2.59. The van der Waals surface area contributed by atoms with Crippen LogP contribution in [0.5, 0.6) is 0 Å². The first-order chi connectivity index (χ1) is 8.61. The van der Waals surface area contributed by atoms with E-state index in [0.717, 1.165) is 0 Å². The number of para-hydroxylation sites is 1. The first kappa shape index (κ1) is 11.8. The van der Waals surface area contributed by atoms with E-state index in [4.69, 9.17) is 0 Å². The van der Waals surface area contributed by atoms with Gasteiger partial charge >= 0.3 is 5.97 Å². The minimum absolute atomic E-state index is 0.159. The van der Waals surface area contributed by atoms with Crippen molar-refractivity contribution in [2.24, 2.45) is 0 Å². The Morgan fingerprint density at radius 2 is 1.83 bits per heavy atom. The monoisotopic (exact) mass is 246 g/mol. The lowest BCUT2D eigenvalue weighted by atomic mass is 10.0. The molecule has 1 heterocycles. The summed E-state index contributed by atoms with van der Waals surface area (Å²) in [6.45, 7) is 0. The number of nitrogens with zero attached hydrogens (tertiary/aromatic N) is 2. The van der Waals surface area contributed by atoms with E-state index in [1.165, 1.54) is 22.8 Å². The van der Waals surface area contributed by atoms with Crippen LogP contribution in [-0.2, 0) is 4.79 Å². The molecule has 0 aliphatic heterocycles. The van der Waals surface area contributed by atoms with Gasteiger partial charge in [0.05, 0.1) is 10.5 Å². The molecule has 6 nitrogen and oxygen atoms in total. The molecule has 0 amide bonds. The summed E-state index contributed by atoms with van der Waals surface area (Å²) in [5.74, 6) is -1.14. The number of benzene rings is 1. The number of hydrogen-bond acceptors (Lipinski definition) is 3. The molecule has 92 valence electrons. The average molecular weight is 246 g/mol. The van der Waals surface area contributed by atoms with Gasteiger partial charge < -0.3 is 9.67 Å². The first-order valence-electron chi connectivity index (χ1n) is 5.20. The molecule has 0 fully saturated rings. The maximum atomic E-state index is 11.3. The van der Waals surface area contributed by atoms with Crippen LogP contribution in [0.4, 0.5) is 5.69 Å². The van der Waals surface area contributed by atoms with E-state index < -0.39 is 16.9 Å². The Hall–Kier alpha value is -2.63. The molecule has 0 radical (unpaired) electrons. The van der Waals surface area contributed by atoms with Gasteiger partial charge in [-0.25, -0.2) is 4.79 Å². The number of aliphatic carboxylic acids is 1. The minimum atomic E-state index is -1.14. The zero-order chi connectivity index (χ0) is 13.1. The van der Waals surface area contributed by atoms with Gasteiger partial charge in [0.2, 0.25) is 0 Å². The van der Waals surface area contributed by atoms with Crippen LogP contribution < -0.4 is 0 Å². The number of hydrogen-bond donors (Lipinski definition) is 1. The number of rotatable bonds is 4. The molecule has 6 heteroatoms. The SMILES string of the molecule is O=C(O)C(c1ccccc1[N+](=O)[O-])n1cccc1. The molecule has 2 aromatic rings. The minimum Gasteiger partial charge on any atom is -0.479 e. The second kappa shape index (κ2) is 4.70. The average Bonchev–Trinajstić information content (AvgIpc) is 2.83. The topological polar surface area (TPSA) is 85.4 Å². The van der Waals surface area contributed by atoms with Gasteiger partial charge in [-0.2, -0.15) is 0 Å². The molecule has 0 saturated heterocycles. The normalized spacial score (nSPS) is 12.0. The van der Waals surface area contributed by atoms with Gasteiger partial charge in [0, 0.05) is 18.5 Å². The Labute approximate surface area is 102 Å². The van der Waals surface area contributed by atoms with Crippen molar-refractivity contribution in [1.29, 1.82) is 0 Å². The zero-order valence-electron chi connectivity index (χ0n) is 9.26. The van der Waals surface area contributed by atoms with Crippen molar-refractivity contribution in [3.63, 3.8) is 0 Å². The van der Waals surface area contributed by atoms with Crippen molar-refractivity contribution < 1.29 is 14.8 Å². The smallest absolute Gasteiger partial charge is 0.331 e. The van der Waals surface area contributed by atoms with E-state index >= 15 is 0 Å². The number of carboxylic acids is 1. The molecule has 1 N–H and O–H groups in total. The predicted molar refractivity (Wildman–Crippen MR) is 63.3 cm³/mol. The molecule has 0 bridgehead atoms. The fourth-order valence-electron chi connectivity index (χ4n) is 1.83. The summed E-state index contributed by atoms with van der Waals surface area (Å²) in [5, 5.41) is 20.2. The predicted octanol–water partition coefficient (Wildman–Crippen LogP) is 2.07. The Morgan fingerprint density at radius 3 is 2.39 bits per heavy atom. The van der Waals surface area contributed by atoms with Gasteiger partial charge in [0.25, 0.3) is 5.69 Å². The quantitative estimate of drug-likeness (QED) is 0.661. The Morgan fingerprint density at radius 1 is 1.22 bits per heavy atom. The number of aromatic nitrogens is 1. The van der Waals surface area contributed by atoms with Crippen molar-refractivity contribution in [2.45, 2.75) is 6.04 Å². The molecule has 0 saturated carbocycles. The van der Waals surface area contributed by atoms with E-state index in [0.29, 0.717) is 0 Å². The molecule has 2 rings (SSSR count). The van der Waals surface area contributed by atoms with Crippen LogP contribution in [0.15, 0.2) is 48.8 Å². The molecule has 0 spiro atoms. The van der Waals surface area contributed by atoms with Crippen LogP contribution in [-0.4, -0.2) is 20.6 Å². The molecular formula is C12H10N2O4. The number of nitro benzene ring substituents is 1. The Kier molecular flexibility index (Phi) is 3.09. The lowest BCUT2D eigenvalue weighted by Gasteiger charge is -2.14. The van der Waals surface area contributed by atoms with Gasteiger partial charge in [0.15, 0.2) is 6.04 Å². The highest BCUT2D eigenvalue weighted by molar-refractivity contribution is 5.77. The fraction of sp³-hybridized carbons (Fsp3) is 0.0833. The molecule has 1 aromatic carbocycles. The van der Waals surface area contributed by atoms with Crippen molar-refractivity contribution in [3.8, 4) is 0 Å². The summed E-state index contributed by atoms with van der Waals surface area (Å²) in [7, 11) is 0. The van der Waals surface area contributed by atoms with Crippen molar-refractivity contribution in [3.05, 3.63) is 64.5 Å². The number of nitro groups is 1. The fourth-order valence-corrected chi connectivity index (χ4v) is 1.83. The lowest BCUT2D eigenvalue weighted by Crippen LogP contribution is -2.20. The highest BCUT2D eigenvalue weighted by atomic mass is 16.6. The second-order valence-corrected chi connectivity index (χ2v) is 3.69. The molecule has 1 aromatic heterocycles. The first-order valence-corrected chi connectivity index (χ1v) is 5.20. The Bertz CT molecular complexity index is 578. The highest BCUT2D eigenvalue weighted by Gasteiger charge is 2.28. The van der Waals surface area contributed by atoms with E-state index in [9.17, 15) is 20.0 Å². The van der Waals surface area contributed by atoms with Crippen molar-refractivity contribution >= 4 is 11.7 Å². The summed E-state index contributed by atoms with van der Waals surface area (Å²) in [6, 6.07) is 8.10. The summed E-state index contributed by atoms with van der Waals surface area (Å²) < 4.78 is 1.42. The Balaban J connectivity index is 2.57. The van der Waals surface area contributed by atoms with E-state index in [1.54, 1.807) is 30.6 Å². The molecule has 1 unspecified atom stereocenters. The second-order valence-electron chi connectivity index (χ2n) is 3.69. The number of carboxylic acid groups (broad SMARTS) is 1. The van der Waals surface area contributed by atoms with Crippen molar-refractivity contribution in [1.82, 2.24) is 4.57 Å². The van der Waals surface area contributed by atoms with Crippen LogP contribution >= 0.6 is 0 Å². The van der Waals surface area contributed by atoms with Gasteiger partial charge in [-0.05, 0) is 18.2 Å². The van der Waals surface area contributed by atoms with Gasteiger partial charge in [0.1, 0.15) is 0 Å². The highest BCUT2D eigenvalue weighted by Crippen LogP contribution is 2.27. The summed E-state index contributed by atoms with van der Waals surface area (Å²) in [5.41, 5.74) is -0.0372. The van der Waals surface area contributed by atoms with Gasteiger partial charge in [-0.1, -0.05) is 12.1 Å². The third-order valence-corrected chi connectivity index (χ3v) is 2.59. The third kappa shape index (κ3) is 2.08. The molecule has 0 aliphatic carbocycles. The van der Waals surface area contributed by atoms with E-state index in [2.05, 4.69) is 0 Å². The molecule has 18 heavy (non-hydrogen) atoms. The standard InChI is InChI=1S/C12H10N2O4/c15-12(16)11(13-7-3-4-8-13)9-5-1-2-6-10(9)14(17)18/h1-8,11H,(H,15,16). The van der Waals surface area contributed by atoms with Crippen LogP contribution in [0.3, 0.4) is 0 Å². The summed E-state index contributed by atoms with van der Waals surface area (Å²) in [6.07, 6.45) is 3.13. The lowest BCUT2D eigenvalue weighted by molar-refractivity contribution is -0.385. The van der Waals surface area contributed by atoms with Gasteiger partial charge in [-0.3, -0.25) is 10.1 Å². The molecular weight excluding hydrogens is 236 g/mol. The zero-order valence-corrected chi connectivity index (χ0v) is 9.26. The maximum absolute atomic E-state index is 11.3. The van der Waals surface area contributed by atoms with E-state index in [1.807, 2.05) is 0 Å². The van der Waals surface area contributed by atoms with E-state index in [-0.39, 0.29) is 11.3 Å². The van der Waals surface area contributed by atoms with Gasteiger partial charge in [-0.15, -0.1) is 0 Å². The summed E-state index contributed by atoms with van der Waals surface area (Å²) >= 11 is 0. The van der Waals surface area contributed by atoms with Crippen LogP contribution in [0.25, 0.3) is 0 Å². The van der Waals surface area contributed by atoms with Crippen LogP contribution in [0.2, 0.25) is 0 Å².